The van der Waals surface area contributed by atoms with E-state index in [1.807, 2.05) is 18.2 Å². The lowest BCUT2D eigenvalue weighted by molar-refractivity contribution is 0.0289. The summed E-state index contributed by atoms with van der Waals surface area (Å²) in [6, 6.07) is 10.3. The first-order valence-electron chi connectivity index (χ1n) is 4.42. The molecular weight excluding hydrogens is 164 g/mol. The Morgan fingerprint density at radius 2 is 1.85 bits per heavy atom. The number of rotatable bonds is 5. The van der Waals surface area contributed by atoms with Crippen molar-refractivity contribution < 1.29 is 9.47 Å². The summed E-state index contributed by atoms with van der Waals surface area (Å²) in [4.78, 5) is 0. The Balaban J connectivity index is 2.46. The smallest absolute Gasteiger partial charge is 0.0844 e. The molecule has 0 saturated carbocycles. The molecule has 1 aromatic rings. The summed E-state index contributed by atoms with van der Waals surface area (Å²) in [5.41, 5.74) is 1.28. The van der Waals surface area contributed by atoms with Gasteiger partial charge in [-0.05, 0) is 5.56 Å². The average Bonchev–Trinajstić information content (AvgIpc) is 2.19. The van der Waals surface area contributed by atoms with Crippen molar-refractivity contribution >= 4 is 0 Å². The van der Waals surface area contributed by atoms with Crippen LogP contribution in [0, 0.1) is 0 Å². The SMILES string of the molecule is COCC(Cc1ccccc1)OC. The first kappa shape index (κ1) is 10.2. The third-order valence-electron chi connectivity index (χ3n) is 1.99. The second kappa shape index (κ2) is 5.73. The Morgan fingerprint density at radius 3 is 2.38 bits per heavy atom. The van der Waals surface area contributed by atoms with Crippen LogP contribution < -0.4 is 0 Å². The molecule has 0 bridgehead atoms. The molecule has 1 aromatic carbocycles. The van der Waals surface area contributed by atoms with Crippen LogP contribution in [0.5, 0.6) is 0 Å². The number of hydrogen-bond acceptors (Lipinski definition) is 2. The van der Waals surface area contributed by atoms with Crippen LogP contribution in [0.3, 0.4) is 0 Å². The summed E-state index contributed by atoms with van der Waals surface area (Å²) >= 11 is 0. The zero-order chi connectivity index (χ0) is 9.52. The molecule has 0 aromatic heterocycles. The normalized spacial score (nSPS) is 12.8. The molecule has 2 heteroatoms. The van der Waals surface area contributed by atoms with E-state index in [1.54, 1.807) is 14.2 Å². The molecule has 0 aliphatic carbocycles. The van der Waals surface area contributed by atoms with Gasteiger partial charge < -0.3 is 9.47 Å². The fourth-order valence-electron chi connectivity index (χ4n) is 1.27. The van der Waals surface area contributed by atoms with Gasteiger partial charge in [0.1, 0.15) is 0 Å². The first-order valence-corrected chi connectivity index (χ1v) is 4.42. The second-order valence-corrected chi connectivity index (χ2v) is 3.00. The number of benzene rings is 1. The Bertz CT molecular complexity index is 221. The summed E-state index contributed by atoms with van der Waals surface area (Å²) in [5.74, 6) is 0. The second-order valence-electron chi connectivity index (χ2n) is 3.00. The van der Waals surface area contributed by atoms with Gasteiger partial charge in [-0.25, -0.2) is 0 Å². The predicted octanol–water partition coefficient (Wildman–Crippen LogP) is 1.89. The van der Waals surface area contributed by atoms with Gasteiger partial charge >= 0.3 is 0 Å². The molecule has 0 radical (unpaired) electrons. The number of methoxy groups -OCH3 is 2. The number of ether oxygens (including phenoxy) is 2. The van der Waals surface area contributed by atoms with Gasteiger partial charge in [-0.2, -0.15) is 0 Å². The van der Waals surface area contributed by atoms with E-state index in [0.717, 1.165) is 6.42 Å². The molecule has 13 heavy (non-hydrogen) atoms. The molecule has 0 fully saturated rings. The third-order valence-corrected chi connectivity index (χ3v) is 1.99. The average molecular weight is 180 g/mol. The molecule has 2 nitrogen and oxygen atoms in total. The van der Waals surface area contributed by atoms with E-state index in [9.17, 15) is 0 Å². The minimum atomic E-state index is 0.160. The van der Waals surface area contributed by atoms with Crippen molar-refractivity contribution in [3.8, 4) is 0 Å². The van der Waals surface area contributed by atoms with Gasteiger partial charge in [0, 0.05) is 20.6 Å². The van der Waals surface area contributed by atoms with Gasteiger partial charge in [0.25, 0.3) is 0 Å². The zero-order valence-electron chi connectivity index (χ0n) is 8.19. The highest BCUT2D eigenvalue weighted by atomic mass is 16.5. The summed E-state index contributed by atoms with van der Waals surface area (Å²) in [5, 5.41) is 0. The first-order chi connectivity index (χ1) is 6.36. The van der Waals surface area contributed by atoms with Gasteiger partial charge in [-0.15, -0.1) is 0 Å². The van der Waals surface area contributed by atoms with Crippen LogP contribution in [-0.2, 0) is 15.9 Å². The Hall–Kier alpha value is -0.860. The molecule has 0 N–H and O–H groups in total. The molecular formula is C11H16O2. The fourth-order valence-corrected chi connectivity index (χ4v) is 1.27. The third kappa shape index (κ3) is 3.57. The van der Waals surface area contributed by atoms with Crippen molar-refractivity contribution in [2.24, 2.45) is 0 Å². The fraction of sp³-hybridized carbons (Fsp3) is 0.455. The lowest BCUT2D eigenvalue weighted by atomic mass is 10.1. The van der Waals surface area contributed by atoms with Crippen molar-refractivity contribution in [3.05, 3.63) is 35.9 Å². The summed E-state index contributed by atoms with van der Waals surface area (Å²) in [6.45, 7) is 0.644. The van der Waals surface area contributed by atoms with Crippen molar-refractivity contribution in [1.82, 2.24) is 0 Å². The summed E-state index contributed by atoms with van der Waals surface area (Å²) < 4.78 is 10.3. The predicted molar refractivity (Wildman–Crippen MR) is 52.8 cm³/mol. The molecule has 0 amide bonds. The minimum absolute atomic E-state index is 0.160. The molecule has 0 aliphatic rings. The van der Waals surface area contributed by atoms with Crippen LogP contribution in [0.15, 0.2) is 30.3 Å². The van der Waals surface area contributed by atoms with Crippen LogP contribution >= 0.6 is 0 Å². The summed E-state index contributed by atoms with van der Waals surface area (Å²) in [6.07, 6.45) is 1.07. The highest BCUT2D eigenvalue weighted by Gasteiger charge is 2.06. The van der Waals surface area contributed by atoms with Gasteiger partial charge in [0.15, 0.2) is 0 Å². The van der Waals surface area contributed by atoms with E-state index in [2.05, 4.69) is 12.1 Å². The van der Waals surface area contributed by atoms with E-state index in [4.69, 9.17) is 9.47 Å². The monoisotopic (exact) mass is 180 g/mol. The van der Waals surface area contributed by atoms with Crippen molar-refractivity contribution in [1.29, 1.82) is 0 Å². The van der Waals surface area contributed by atoms with Crippen LogP contribution in [0.2, 0.25) is 0 Å². The van der Waals surface area contributed by atoms with Crippen LogP contribution in [0.1, 0.15) is 5.56 Å². The van der Waals surface area contributed by atoms with Crippen molar-refractivity contribution in [2.75, 3.05) is 20.8 Å². The quantitative estimate of drug-likeness (QED) is 0.689. The van der Waals surface area contributed by atoms with Crippen LogP contribution in [0.25, 0.3) is 0 Å². The Morgan fingerprint density at radius 1 is 1.15 bits per heavy atom. The molecule has 1 rings (SSSR count). The lowest BCUT2D eigenvalue weighted by Crippen LogP contribution is -2.19. The lowest BCUT2D eigenvalue weighted by Gasteiger charge is -2.13. The molecule has 0 aliphatic heterocycles. The van der Waals surface area contributed by atoms with Gasteiger partial charge in [-0.1, -0.05) is 30.3 Å². The largest absolute Gasteiger partial charge is 0.382 e. The van der Waals surface area contributed by atoms with E-state index >= 15 is 0 Å². The van der Waals surface area contributed by atoms with E-state index in [1.165, 1.54) is 5.56 Å². The standard InChI is InChI=1S/C11H16O2/c1-12-9-11(13-2)8-10-6-4-3-5-7-10/h3-7,11H,8-9H2,1-2H3. The molecule has 72 valence electrons. The van der Waals surface area contributed by atoms with Crippen molar-refractivity contribution in [3.63, 3.8) is 0 Å². The maximum absolute atomic E-state index is 5.27. The molecule has 1 unspecified atom stereocenters. The summed E-state index contributed by atoms with van der Waals surface area (Å²) in [7, 11) is 3.41. The van der Waals surface area contributed by atoms with Gasteiger partial charge in [0.2, 0.25) is 0 Å². The van der Waals surface area contributed by atoms with Crippen LogP contribution in [-0.4, -0.2) is 26.9 Å². The molecule has 0 saturated heterocycles. The van der Waals surface area contributed by atoms with Crippen LogP contribution in [0.4, 0.5) is 0 Å². The number of hydrogen-bond donors (Lipinski definition) is 0. The van der Waals surface area contributed by atoms with Gasteiger partial charge in [-0.3, -0.25) is 0 Å². The maximum Gasteiger partial charge on any atom is 0.0844 e. The van der Waals surface area contributed by atoms with Crippen molar-refractivity contribution in [2.45, 2.75) is 12.5 Å². The van der Waals surface area contributed by atoms with Gasteiger partial charge in [0.05, 0.1) is 12.7 Å². The molecule has 0 spiro atoms. The van der Waals surface area contributed by atoms with E-state index in [0.29, 0.717) is 6.61 Å². The highest BCUT2D eigenvalue weighted by molar-refractivity contribution is 5.15. The molecule has 1 atom stereocenters. The highest BCUT2D eigenvalue weighted by Crippen LogP contribution is 2.05. The Kier molecular flexibility index (Phi) is 4.50. The zero-order valence-corrected chi connectivity index (χ0v) is 8.19. The topological polar surface area (TPSA) is 18.5 Å². The van der Waals surface area contributed by atoms with E-state index in [-0.39, 0.29) is 6.10 Å². The molecule has 0 heterocycles. The Labute approximate surface area is 79.5 Å². The maximum atomic E-state index is 5.27. The minimum Gasteiger partial charge on any atom is -0.382 e. The van der Waals surface area contributed by atoms with E-state index < -0.39 is 0 Å².